The molecule has 0 bridgehead atoms. The van der Waals surface area contributed by atoms with Gasteiger partial charge in [0.2, 0.25) is 5.91 Å². The fourth-order valence-electron chi connectivity index (χ4n) is 3.05. The van der Waals surface area contributed by atoms with E-state index in [9.17, 15) is 14.0 Å². The average Bonchev–Trinajstić information content (AvgIpc) is 3.03. The topological polar surface area (TPSA) is 79.8 Å². The lowest BCUT2D eigenvalue weighted by Gasteiger charge is -2.08. The maximum Gasteiger partial charge on any atom is 0.278 e. The molecule has 4 aromatic rings. The highest BCUT2D eigenvalue weighted by atomic mass is 19.1. The molecule has 6 nitrogen and oxygen atoms in total. The highest BCUT2D eigenvalue weighted by Gasteiger charge is 2.13. The molecule has 2 aromatic heterocycles. The maximum absolute atomic E-state index is 13.5. The molecule has 0 unspecified atom stereocenters. The van der Waals surface area contributed by atoms with Crippen molar-refractivity contribution in [2.24, 2.45) is 0 Å². The maximum atomic E-state index is 13.5. The summed E-state index contributed by atoms with van der Waals surface area (Å²) >= 11 is 0. The van der Waals surface area contributed by atoms with Crippen molar-refractivity contribution in [2.45, 2.75) is 19.9 Å². The van der Waals surface area contributed by atoms with Gasteiger partial charge in [0.25, 0.3) is 5.56 Å². The number of aromatic amines is 1. The third kappa shape index (κ3) is 3.19. The van der Waals surface area contributed by atoms with Gasteiger partial charge in [0.1, 0.15) is 23.4 Å². The van der Waals surface area contributed by atoms with Gasteiger partial charge in [-0.05, 0) is 42.3 Å². The first-order valence-corrected chi connectivity index (χ1v) is 8.60. The summed E-state index contributed by atoms with van der Waals surface area (Å²) in [6.45, 7) is 1.89. The number of hydrogen-bond acceptors (Lipinski definition) is 3. The molecule has 0 radical (unpaired) electrons. The molecule has 7 heteroatoms. The van der Waals surface area contributed by atoms with Crippen LogP contribution in [0.25, 0.3) is 21.9 Å². The fraction of sp³-hybridized carbons (Fsp3) is 0.150. The molecule has 2 heterocycles. The van der Waals surface area contributed by atoms with E-state index in [4.69, 9.17) is 0 Å². The number of fused-ring (bicyclic) bond motifs is 3. The van der Waals surface area contributed by atoms with Crippen LogP contribution >= 0.6 is 0 Å². The Balaban J connectivity index is 1.61. The minimum atomic E-state index is -0.400. The van der Waals surface area contributed by atoms with E-state index in [1.165, 1.54) is 28.6 Å². The third-order valence-electron chi connectivity index (χ3n) is 4.49. The van der Waals surface area contributed by atoms with Gasteiger partial charge < -0.3 is 10.3 Å². The third-order valence-corrected chi connectivity index (χ3v) is 4.49. The number of aryl methyl sites for hydroxylation is 1. The molecule has 0 aliphatic rings. The van der Waals surface area contributed by atoms with Crippen LogP contribution in [0.5, 0.6) is 0 Å². The van der Waals surface area contributed by atoms with E-state index >= 15 is 0 Å². The average molecular weight is 364 g/mol. The number of rotatable bonds is 4. The van der Waals surface area contributed by atoms with Crippen LogP contribution in [0.1, 0.15) is 12.5 Å². The van der Waals surface area contributed by atoms with Crippen molar-refractivity contribution in [3.05, 3.63) is 70.5 Å². The smallest absolute Gasteiger partial charge is 0.278 e. The number of aromatic nitrogens is 3. The number of nitrogens with zero attached hydrogens (tertiary/aromatic N) is 2. The van der Waals surface area contributed by atoms with Gasteiger partial charge in [-0.1, -0.05) is 19.1 Å². The number of H-pyrrole nitrogens is 1. The predicted molar refractivity (Wildman–Crippen MR) is 102 cm³/mol. The first-order chi connectivity index (χ1) is 13.0. The van der Waals surface area contributed by atoms with Crippen LogP contribution in [0, 0.1) is 5.82 Å². The van der Waals surface area contributed by atoms with E-state index in [0.29, 0.717) is 22.1 Å². The molecule has 0 spiro atoms. The fourth-order valence-corrected chi connectivity index (χ4v) is 3.05. The van der Waals surface area contributed by atoms with Crippen molar-refractivity contribution < 1.29 is 9.18 Å². The van der Waals surface area contributed by atoms with E-state index in [0.717, 1.165) is 6.42 Å². The van der Waals surface area contributed by atoms with Crippen molar-refractivity contribution in [1.29, 1.82) is 0 Å². The zero-order chi connectivity index (χ0) is 19.0. The Morgan fingerprint density at radius 2 is 2.00 bits per heavy atom. The number of benzene rings is 2. The summed E-state index contributed by atoms with van der Waals surface area (Å²) in [7, 11) is 0. The second kappa shape index (κ2) is 6.68. The van der Waals surface area contributed by atoms with Gasteiger partial charge in [0.05, 0.1) is 6.33 Å². The van der Waals surface area contributed by atoms with Crippen molar-refractivity contribution in [1.82, 2.24) is 14.5 Å². The SMILES string of the molecule is CCc1ccc(NC(=O)Cn2cnc3c([nH]c4ccc(F)cc43)c2=O)cc1. The van der Waals surface area contributed by atoms with Crippen LogP contribution in [-0.4, -0.2) is 20.4 Å². The number of carbonyl (C=O) groups excluding carboxylic acids is 1. The van der Waals surface area contributed by atoms with Gasteiger partial charge in [-0.15, -0.1) is 0 Å². The van der Waals surface area contributed by atoms with E-state index in [1.807, 2.05) is 24.3 Å². The van der Waals surface area contributed by atoms with E-state index in [1.54, 1.807) is 6.07 Å². The number of nitrogens with one attached hydrogen (secondary N) is 2. The van der Waals surface area contributed by atoms with Crippen molar-refractivity contribution in [3.8, 4) is 0 Å². The van der Waals surface area contributed by atoms with Crippen LogP contribution in [0.3, 0.4) is 0 Å². The summed E-state index contributed by atoms with van der Waals surface area (Å²) in [5.74, 6) is -0.729. The Morgan fingerprint density at radius 1 is 1.22 bits per heavy atom. The minimum absolute atomic E-state index is 0.166. The Bertz CT molecular complexity index is 1210. The van der Waals surface area contributed by atoms with Crippen LogP contribution in [-0.2, 0) is 17.8 Å². The number of anilines is 1. The molecular formula is C20H17FN4O2. The molecule has 0 saturated carbocycles. The first-order valence-electron chi connectivity index (χ1n) is 8.60. The summed E-state index contributed by atoms with van der Waals surface area (Å²) < 4.78 is 14.7. The van der Waals surface area contributed by atoms with E-state index < -0.39 is 5.82 Å². The highest BCUT2D eigenvalue weighted by Crippen LogP contribution is 2.22. The summed E-state index contributed by atoms with van der Waals surface area (Å²) in [4.78, 5) is 32.1. The first kappa shape index (κ1) is 17.0. The summed E-state index contributed by atoms with van der Waals surface area (Å²) in [6.07, 6.45) is 2.23. The van der Waals surface area contributed by atoms with Gasteiger partial charge in [0, 0.05) is 16.6 Å². The summed E-state index contributed by atoms with van der Waals surface area (Å²) in [5.41, 5.74) is 2.72. The lowest BCUT2D eigenvalue weighted by Crippen LogP contribution is -2.27. The van der Waals surface area contributed by atoms with Crippen molar-refractivity contribution in [3.63, 3.8) is 0 Å². The molecule has 0 fully saturated rings. The highest BCUT2D eigenvalue weighted by molar-refractivity contribution is 6.04. The Labute approximate surface area is 153 Å². The second-order valence-electron chi connectivity index (χ2n) is 6.31. The van der Waals surface area contributed by atoms with Gasteiger partial charge in [-0.2, -0.15) is 0 Å². The largest absolute Gasteiger partial charge is 0.349 e. The molecule has 136 valence electrons. The second-order valence-corrected chi connectivity index (χ2v) is 6.31. The molecule has 1 amide bonds. The Morgan fingerprint density at radius 3 is 2.74 bits per heavy atom. The molecule has 0 aliphatic heterocycles. The van der Waals surface area contributed by atoms with Crippen LogP contribution in [0.4, 0.5) is 10.1 Å². The molecule has 2 N–H and O–H groups in total. The van der Waals surface area contributed by atoms with Crippen LogP contribution in [0.2, 0.25) is 0 Å². The lowest BCUT2D eigenvalue weighted by molar-refractivity contribution is -0.116. The monoisotopic (exact) mass is 364 g/mol. The quantitative estimate of drug-likeness (QED) is 0.583. The standard InChI is InChI=1S/C20H17FN4O2/c1-2-12-3-6-14(7-4-12)23-17(26)10-25-11-22-18-15-9-13(21)5-8-16(15)24-19(18)20(25)27/h3-9,11,24H,2,10H2,1H3,(H,23,26). The molecule has 27 heavy (non-hydrogen) atoms. The van der Waals surface area contributed by atoms with Gasteiger partial charge in [0.15, 0.2) is 0 Å². The lowest BCUT2D eigenvalue weighted by atomic mass is 10.1. The van der Waals surface area contributed by atoms with Gasteiger partial charge >= 0.3 is 0 Å². The van der Waals surface area contributed by atoms with Gasteiger partial charge in [-0.3, -0.25) is 14.2 Å². The molecule has 4 rings (SSSR count). The summed E-state index contributed by atoms with van der Waals surface area (Å²) in [5, 5.41) is 3.30. The van der Waals surface area contributed by atoms with E-state index in [2.05, 4.69) is 22.2 Å². The molecule has 0 aliphatic carbocycles. The Hall–Kier alpha value is -3.48. The molecule has 0 saturated heterocycles. The number of hydrogen-bond donors (Lipinski definition) is 2. The molecule has 2 aromatic carbocycles. The molecular weight excluding hydrogens is 347 g/mol. The zero-order valence-electron chi connectivity index (χ0n) is 14.6. The number of amides is 1. The predicted octanol–water partition coefficient (Wildman–Crippen LogP) is 3.22. The van der Waals surface area contributed by atoms with Gasteiger partial charge in [-0.25, -0.2) is 9.37 Å². The van der Waals surface area contributed by atoms with Crippen molar-refractivity contribution >= 4 is 33.5 Å². The summed E-state index contributed by atoms with van der Waals surface area (Å²) in [6, 6.07) is 11.7. The van der Waals surface area contributed by atoms with Crippen molar-refractivity contribution in [2.75, 3.05) is 5.32 Å². The van der Waals surface area contributed by atoms with Crippen LogP contribution < -0.4 is 10.9 Å². The van der Waals surface area contributed by atoms with E-state index in [-0.39, 0.29) is 23.5 Å². The minimum Gasteiger partial charge on any atom is -0.349 e. The normalized spacial score (nSPS) is 11.2. The zero-order valence-corrected chi connectivity index (χ0v) is 14.6. The number of halogens is 1. The number of carbonyl (C=O) groups is 1. The molecule has 0 atom stereocenters. The Kier molecular flexibility index (Phi) is 4.19. The van der Waals surface area contributed by atoms with Crippen LogP contribution in [0.15, 0.2) is 53.6 Å².